The van der Waals surface area contributed by atoms with Gasteiger partial charge in [0.1, 0.15) is 0 Å². The topological polar surface area (TPSA) is 35.5 Å². The van der Waals surface area contributed by atoms with Crippen LogP contribution < -0.4 is 0 Å². The molecule has 0 N–H and O–H groups in total. The fourth-order valence-electron chi connectivity index (χ4n) is 1.32. The van der Waals surface area contributed by atoms with E-state index in [1.54, 1.807) is 0 Å². The maximum Gasteiger partial charge on any atom is 0.509 e. The van der Waals surface area contributed by atoms with Crippen molar-refractivity contribution in [3.05, 3.63) is 11.6 Å². The van der Waals surface area contributed by atoms with E-state index in [0.717, 1.165) is 6.42 Å². The average molecular weight is 266 g/mol. The van der Waals surface area contributed by atoms with Gasteiger partial charge in [-0.15, -0.1) is 0 Å². The monoisotopic (exact) mass is 266 g/mol. The molecule has 0 radical (unpaired) electrons. The molecular formula is C16H26O3. The van der Waals surface area contributed by atoms with Gasteiger partial charge in [-0.2, -0.15) is 0 Å². The van der Waals surface area contributed by atoms with E-state index in [1.807, 2.05) is 41.5 Å². The summed E-state index contributed by atoms with van der Waals surface area (Å²) in [4.78, 5) is 11.3. The van der Waals surface area contributed by atoms with Crippen molar-refractivity contribution in [2.75, 3.05) is 7.11 Å². The van der Waals surface area contributed by atoms with Crippen molar-refractivity contribution in [2.45, 2.75) is 60.0 Å². The third-order valence-electron chi connectivity index (χ3n) is 2.35. The lowest BCUT2D eigenvalue weighted by Crippen LogP contribution is -2.30. The smallest absolute Gasteiger partial charge is 0.438 e. The number of ether oxygens (including phenoxy) is 2. The number of hydrogen-bond donors (Lipinski definition) is 0. The van der Waals surface area contributed by atoms with E-state index in [9.17, 15) is 4.79 Å². The summed E-state index contributed by atoms with van der Waals surface area (Å²) in [6, 6.07) is 0. The summed E-state index contributed by atoms with van der Waals surface area (Å²) >= 11 is 0. The fraction of sp³-hybridized carbons (Fsp3) is 0.688. The molecule has 0 aromatic heterocycles. The highest BCUT2D eigenvalue weighted by molar-refractivity contribution is 5.61. The van der Waals surface area contributed by atoms with E-state index in [4.69, 9.17) is 4.74 Å². The number of carbonyl (C=O) groups excluding carboxylic acids is 1. The van der Waals surface area contributed by atoms with Crippen molar-refractivity contribution >= 4 is 6.16 Å². The Bertz CT molecular complexity index is 386. The Hall–Kier alpha value is -1.43. The lowest BCUT2D eigenvalue weighted by atomic mass is 9.93. The van der Waals surface area contributed by atoms with Gasteiger partial charge in [-0.1, -0.05) is 23.5 Å². The van der Waals surface area contributed by atoms with E-state index >= 15 is 0 Å². The molecule has 3 nitrogen and oxygen atoms in total. The van der Waals surface area contributed by atoms with E-state index < -0.39 is 11.8 Å². The number of hydrogen-bond acceptors (Lipinski definition) is 3. The van der Waals surface area contributed by atoms with Crippen LogP contribution >= 0.6 is 0 Å². The Labute approximate surface area is 117 Å². The molecule has 0 aliphatic carbocycles. The van der Waals surface area contributed by atoms with Gasteiger partial charge < -0.3 is 9.47 Å². The van der Waals surface area contributed by atoms with Crippen LogP contribution in [-0.2, 0) is 9.47 Å². The molecule has 0 spiro atoms. The van der Waals surface area contributed by atoms with Gasteiger partial charge in [0.25, 0.3) is 0 Å². The SMILES string of the molecule is COC(=O)OC(C)(C#CC(C)(C)C)CCC=C(C)C. The van der Waals surface area contributed by atoms with Crippen molar-refractivity contribution in [2.24, 2.45) is 5.41 Å². The van der Waals surface area contributed by atoms with Crippen LogP contribution in [0.1, 0.15) is 54.4 Å². The second kappa shape index (κ2) is 7.23. The molecular weight excluding hydrogens is 240 g/mol. The molecule has 3 heteroatoms. The first-order chi connectivity index (χ1) is 8.58. The van der Waals surface area contributed by atoms with Gasteiger partial charge in [-0.3, -0.25) is 0 Å². The zero-order valence-electron chi connectivity index (χ0n) is 13.2. The Morgan fingerprint density at radius 3 is 2.16 bits per heavy atom. The molecule has 0 aliphatic heterocycles. The zero-order chi connectivity index (χ0) is 15.1. The Balaban J connectivity index is 4.94. The first kappa shape index (κ1) is 17.6. The molecule has 0 amide bonds. The third kappa shape index (κ3) is 9.18. The number of allylic oxidation sites excluding steroid dienone is 2. The highest BCUT2D eigenvalue weighted by Gasteiger charge is 2.27. The summed E-state index contributed by atoms with van der Waals surface area (Å²) in [5.74, 6) is 6.20. The van der Waals surface area contributed by atoms with E-state index in [0.29, 0.717) is 6.42 Å². The maximum absolute atomic E-state index is 11.3. The van der Waals surface area contributed by atoms with Crippen LogP contribution in [0.15, 0.2) is 11.6 Å². The molecule has 0 aromatic carbocycles. The highest BCUT2D eigenvalue weighted by atomic mass is 16.7. The summed E-state index contributed by atoms with van der Waals surface area (Å²) < 4.78 is 9.86. The minimum Gasteiger partial charge on any atom is -0.438 e. The minimum atomic E-state index is -0.813. The summed E-state index contributed by atoms with van der Waals surface area (Å²) in [6.07, 6.45) is 2.88. The van der Waals surface area contributed by atoms with Crippen LogP contribution in [-0.4, -0.2) is 18.9 Å². The molecule has 0 rings (SSSR count). The molecule has 1 atom stereocenters. The van der Waals surface area contributed by atoms with Crippen molar-refractivity contribution in [1.82, 2.24) is 0 Å². The lowest BCUT2D eigenvalue weighted by Gasteiger charge is -2.23. The van der Waals surface area contributed by atoms with Crippen molar-refractivity contribution < 1.29 is 14.3 Å². The minimum absolute atomic E-state index is 0.128. The Morgan fingerprint density at radius 2 is 1.74 bits per heavy atom. The molecule has 0 heterocycles. The summed E-state index contributed by atoms with van der Waals surface area (Å²) in [5.41, 5.74) is 0.299. The second-order valence-electron chi connectivity index (χ2n) is 6.11. The van der Waals surface area contributed by atoms with Crippen LogP contribution in [0.2, 0.25) is 0 Å². The van der Waals surface area contributed by atoms with Crippen LogP contribution in [0.5, 0.6) is 0 Å². The predicted molar refractivity (Wildman–Crippen MR) is 77.8 cm³/mol. The van der Waals surface area contributed by atoms with Gasteiger partial charge in [0.2, 0.25) is 0 Å². The lowest BCUT2D eigenvalue weighted by molar-refractivity contribution is 0.00992. The van der Waals surface area contributed by atoms with Gasteiger partial charge in [-0.05, 0) is 48.0 Å². The molecule has 108 valence electrons. The standard InChI is InChI=1S/C16H26O3/c1-13(2)9-8-10-16(6,19-14(17)18-7)12-11-15(3,4)5/h9H,8,10H2,1-7H3. The van der Waals surface area contributed by atoms with Gasteiger partial charge in [0.15, 0.2) is 5.60 Å². The first-order valence-corrected chi connectivity index (χ1v) is 6.53. The molecule has 0 bridgehead atoms. The van der Waals surface area contributed by atoms with Crippen LogP contribution in [0, 0.1) is 17.3 Å². The van der Waals surface area contributed by atoms with E-state index in [2.05, 4.69) is 22.7 Å². The Kier molecular flexibility index (Phi) is 6.69. The molecule has 1 unspecified atom stereocenters. The summed E-state index contributed by atoms with van der Waals surface area (Å²) in [6.45, 7) is 12.0. The van der Waals surface area contributed by atoms with Gasteiger partial charge in [0, 0.05) is 11.8 Å². The van der Waals surface area contributed by atoms with E-state index in [-0.39, 0.29) is 5.41 Å². The number of methoxy groups -OCH3 is 1. The number of rotatable bonds is 4. The van der Waals surface area contributed by atoms with E-state index in [1.165, 1.54) is 12.7 Å². The van der Waals surface area contributed by atoms with Crippen molar-refractivity contribution in [1.29, 1.82) is 0 Å². The quantitative estimate of drug-likeness (QED) is 0.432. The Morgan fingerprint density at radius 1 is 1.16 bits per heavy atom. The maximum atomic E-state index is 11.3. The first-order valence-electron chi connectivity index (χ1n) is 6.53. The largest absolute Gasteiger partial charge is 0.509 e. The van der Waals surface area contributed by atoms with Crippen LogP contribution in [0.4, 0.5) is 4.79 Å². The van der Waals surface area contributed by atoms with Crippen LogP contribution in [0.25, 0.3) is 0 Å². The van der Waals surface area contributed by atoms with Gasteiger partial charge >= 0.3 is 6.16 Å². The van der Waals surface area contributed by atoms with Crippen molar-refractivity contribution in [3.8, 4) is 11.8 Å². The van der Waals surface area contributed by atoms with Gasteiger partial charge in [-0.25, -0.2) is 4.79 Å². The molecule has 0 aromatic rings. The molecule has 19 heavy (non-hydrogen) atoms. The summed E-state index contributed by atoms with van der Waals surface area (Å²) in [5, 5.41) is 0. The molecule has 0 aliphatic rings. The fourth-order valence-corrected chi connectivity index (χ4v) is 1.32. The van der Waals surface area contributed by atoms with Crippen LogP contribution in [0.3, 0.4) is 0 Å². The third-order valence-corrected chi connectivity index (χ3v) is 2.35. The van der Waals surface area contributed by atoms with Gasteiger partial charge in [0.05, 0.1) is 7.11 Å². The van der Waals surface area contributed by atoms with Crippen molar-refractivity contribution in [3.63, 3.8) is 0 Å². The average Bonchev–Trinajstić information content (AvgIpc) is 2.25. The highest BCUT2D eigenvalue weighted by Crippen LogP contribution is 2.20. The zero-order valence-corrected chi connectivity index (χ0v) is 13.2. The predicted octanol–water partition coefficient (Wildman–Crippen LogP) is 4.32. The molecule has 0 saturated heterocycles. The second-order valence-corrected chi connectivity index (χ2v) is 6.11. The molecule has 0 saturated carbocycles. The number of carbonyl (C=O) groups is 1. The molecule has 0 fully saturated rings. The summed E-state index contributed by atoms with van der Waals surface area (Å²) in [7, 11) is 1.30. The normalized spacial score (nSPS) is 13.6.